The van der Waals surface area contributed by atoms with Crippen molar-refractivity contribution in [2.45, 2.75) is 68.9 Å². The third-order valence-electron chi connectivity index (χ3n) is 5.23. The van der Waals surface area contributed by atoms with Crippen molar-refractivity contribution in [2.75, 3.05) is 17.2 Å². The molecule has 0 saturated heterocycles. The smallest absolute Gasteiger partial charge is 0.308 e. The van der Waals surface area contributed by atoms with Gasteiger partial charge in [0, 0.05) is 17.5 Å². The number of anilines is 1. The van der Waals surface area contributed by atoms with Gasteiger partial charge < -0.3 is 15.0 Å². The predicted molar refractivity (Wildman–Crippen MR) is 109 cm³/mol. The number of hydrogen-bond donors (Lipinski definition) is 1. The number of esters is 1. The molecule has 1 aromatic carbocycles. The van der Waals surface area contributed by atoms with E-state index in [4.69, 9.17) is 4.74 Å². The maximum absolute atomic E-state index is 12.3. The van der Waals surface area contributed by atoms with Crippen LogP contribution in [0.2, 0.25) is 0 Å². The Kier molecular flexibility index (Phi) is 7.36. The number of carbonyl (C=O) groups excluding carboxylic acids is 3. The number of ether oxygens (including phenoxy) is 1. The van der Waals surface area contributed by atoms with E-state index in [1.54, 1.807) is 11.8 Å². The molecule has 28 heavy (non-hydrogen) atoms. The molecule has 0 aromatic heterocycles. The lowest BCUT2D eigenvalue weighted by Gasteiger charge is -2.28. The molecule has 7 heteroatoms. The van der Waals surface area contributed by atoms with E-state index in [9.17, 15) is 14.4 Å². The Morgan fingerprint density at radius 2 is 1.93 bits per heavy atom. The van der Waals surface area contributed by atoms with Gasteiger partial charge in [-0.25, -0.2) is 0 Å². The fourth-order valence-electron chi connectivity index (χ4n) is 3.65. The Hall–Kier alpha value is -2.02. The number of nitrogens with one attached hydrogen (secondary N) is 1. The molecule has 1 saturated carbocycles. The lowest BCUT2D eigenvalue weighted by molar-refractivity contribution is -0.154. The number of rotatable bonds is 6. The lowest BCUT2D eigenvalue weighted by atomic mass is 10.1. The average Bonchev–Trinajstić information content (AvgIpc) is 2.95. The Labute approximate surface area is 170 Å². The topological polar surface area (TPSA) is 75.7 Å². The minimum atomic E-state index is -0.823. The monoisotopic (exact) mass is 404 g/mol. The molecule has 2 amide bonds. The van der Waals surface area contributed by atoms with E-state index in [0.717, 1.165) is 36.3 Å². The summed E-state index contributed by atoms with van der Waals surface area (Å²) in [5.41, 5.74) is 0.829. The molecule has 0 unspecified atom stereocenters. The second-order valence-electron chi connectivity index (χ2n) is 7.38. The van der Waals surface area contributed by atoms with Gasteiger partial charge >= 0.3 is 5.97 Å². The van der Waals surface area contributed by atoms with Gasteiger partial charge in [0.15, 0.2) is 6.10 Å². The van der Waals surface area contributed by atoms with Crippen LogP contribution in [0.4, 0.5) is 5.69 Å². The highest BCUT2D eigenvalue weighted by atomic mass is 32.2. The van der Waals surface area contributed by atoms with Gasteiger partial charge in [0.1, 0.15) is 0 Å². The van der Waals surface area contributed by atoms with Crippen LogP contribution in [-0.2, 0) is 19.1 Å². The van der Waals surface area contributed by atoms with Crippen molar-refractivity contribution < 1.29 is 19.1 Å². The summed E-state index contributed by atoms with van der Waals surface area (Å²) in [7, 11) is 0. The summed E-state index contributed by atoms with van der Waals surface area (Å²) in [6.45, 7) is 1.86. The summed E-state index contributed by atoms with van der Waals surface area (Å²) < 4.78 is 5.31. The van der Waals surface area contributed by atoms with Crippen LogP contribution >= 0.6 is 11.8 Å². The van der Waals surface area contributed by atoms with Crippen molar-refractivity contribution in [3.05, 3.63) is 24.3 Å². The van der Waals surface area contributed by atoms with Crippen LogP contribution in [-0.4, -0.2) is 42.2 Å². The van der Waals surface area contributed by atoms with Crippen molar-refractivity contribution in [1.29, 1.82) is 0 Å². The Morgan fingerprint density at radius 3 is 2.68 bits per heavy atom. The fraction of sp³-hybridized carbons (Fsp3) is 0.571. The quantitative estimate of drug-likeness (QED) is 0.582. The zero-order valence-corrected chi connectivity index (χ0v) is 17.1. The highest BCUT2D eigenvalue weighted by Crippen LogP contribution is 2.34. The molecule has 152 valence electrons. The molecular formula is C21H28N2O4S. The van der Waals surface area contributed by atoms with Crippen LogP contribution in [0.15, 0.2) is 29.2 Å². The maximum atomic E-state index is 12.3. The lowest BCUT2D eigenvalue weighted by Crippen LogP contribution is -2.42. The number of thioether (sulfide) groups is 1. The summed E-state index contributed by atoms with van der Waals surface area (Å²) >= 11 is 1.51. The Morgan fingerprint density at radius 1 is 1.21 bits per heavy atom. The van der Waals surface area contributed by atoms with Crippen molar-refractivity contribution in [2.24, 2.45) is 0 Å². The largest absolute Gasteiger partial charge is 0.452 e. The van der Waals surface area contributed by atoms with Crippen molar-refractivity contribution in [1.82, 2.24) is 5.32 Å². The molecule has 1 atom stereocenters. The number of fused-ring (bicyclic) bond motifs is 1. The van der Waals surface area contributed by atoms with Gasteiger partial charge in [-0.3, -0.25) is 14.4 Å². The van der Waals surface area contributed by atoms with Crippen LogP contribution in [0.5, 0.6) is 0 Å². The normalized spacial score (nSPS) is 18.8. The molecule has 0 radical (unpaired) electrons. The van der Waals surface area contributed by atoms with Gasteiger partial charge in [0.2, 0.25) is 5.91 Å². The number of para-hydroxylation sites is 1. The second-order valence-corrected chi connectivity index (χ2v) is 8.40. The summed E-state index contributed by atoms with van der Waals surface area (Å²) in [6.07, 6.45) is 5.90. The molecular weight excluding hydrogens is 376 g/mol. The molecule has 2 aliphatic rings. The minimum absolute atomic E-state index is 0.0179. The SMILES string of the molecule is C[C@@H](OC(=O)CCN1C(=O)CSc2ccccc21)C(=O)NC1CCCCCC1. The summed E-state index contributed by atoms with van der Waals surface area (Å²) in [6, 6.07) is 7.84. The van der Waals surface area contributed by atoms with E-state index in [0.29, 0.717) is 5.75 Å². The molecule has 1 aliphatic carbocycles. The molecule has 1 heterocycles. The van der Waals surface area contributed by atoms with E-state index >= 15 is 0 Å². The molecule has 6 nitrogen and oxygen atoms in total. The Bertz CT molecular complexity index is 716. The molecule has 1 fully saturated rings. The highest BCUT2D eigenvalue weighted by molar-refractivity contribution is 8.00. The average molecular weight is 405 g/mol. The number of nitrogens with zero attached hydrogens (tertiary/aromatic N) is 1. The van der Waals surface area contributed by atoms with Crippen LogP contribution in [0.1, 0.15) is 51.9 Å². The van der Waals surface area contributed by atoms with Crippen LogP contribution in [0.25, 0.3) is 0 Å². The minimum Gasteiger partial charge on any atom is -0.452 e. The Balaban J connectivity index is 1.47. The van der Waals surface area contributed by atoms with E-state index in [2.05, 4.69) is 5.32 Å². The van der Waals surface area contributed by atoms with E-state index in [-0.39, 0.29) is 30.8 Å². The molecule has 1 aromatic rings. The molecule has 1 N–H and O–H groups in total. The van der Waals surface area contributed by atoms with Crippen LogP contribution < -0.4 is 10.2 Å². The highest BCUT2D eigenvalue weighted by Gasteiger charge is 2.26. The van der Waals surface area contributed by atoms with E-state index in [1.165, 1.54) is 24.6 Å². The summed E-state index contributed by atoms with van der Waals surface area (Å²) in [5, 5.41) is 3.01. The first kappa shape index (κ1) is 20.7. The third-order valence-corrected chi connectivity index (χ3v) is 6.27. The van der Waals surface area contributed by atoms with Gasteiger partial charge in [0.05, 0.1) is 17.9 Å². The van der Waals surface area contributed by atoms with Crippen molar-refractivity contribution in [3.8, 4) is 0 Å². The van der Waals surface area contributed by atoms with Crippen molar-refractivity contribution >= 4 is 35.2 Å². The summed E-state index contributed by atoms with van der Waals surface area (Å²) in [5.74, 6) is -0.356. The molecule has 3 rings (SSSR count). The first-order valence-corrected chi connectivity index (χ1v) is 11.0. The van der Waals surface area contributed by atoms with Gasteiger partial charge in [-0.2, -0.15) is 0 Å². The first-order valence-electron chi connectivity index (χ1n) is 10.1. The van der Waals surface area contributed by atoms with Gasteiger partial charge in [0.25, 0.3) is 5.91 Å². The van der Waals surface area contributed by atoms with Crippen LogP contribution in [0, 0.1) is 0 Å². The number of benzene rings is 1. The predicted octanol–water partition coefficient (Wildman–Crippen LogP) is 3.29. The third kappa shape index (κ3) is 5.50. The summed E-state index contributed by atoms with van der Waals surface area (Å²) in [4.78, 5) is 39.4. The van der Waals surface area contributed by atoms with E-state index in [1.807, 2.05) is 24.3 Å². The van der Waals surface area contributed by atoms with E-state index < -0.39 is 12.1 Å². The zero-order valence-electron chi connectivity index (χ0n) is 16.3. The molecule has 1 aliphatic heterocycles. The molecule has 0 spiro atoms. The zero-order chi connectivity index (χ0) is 19.9. The number of carbonyl (C=O) groups is 3. The molecule has 0 bridgehead atoms. The second kappa shape index (κ2) is 9.96. The number of amides is 2. The number of hydrogen-bond acceptors (Lipinski definition) is 5. The maximum Gasteiger partial charge on any atom is 0.308 e. The van der Waals surface area contributed by atoms with Gasteiger partial charge in [-0.1, -0.05) is 37.8 Å². The first-order chi connectivity index (χ1) is 13.5. The van der Waals surface area contributed by atoms with Crippen LogP contribution in [0.3, 0.4) is 0 Å². The van der Waals surface area contributed by atoms with Crippen molar-refractivity contribution in [3.63, 3.8) is 0 Å². The van der Waals surface area contributed by atoms with Gasteiger partial charge in [-0.05, 0) is 31.9 Å². The van der Waals surface area contributed by atoms with Gasteiger partial charge in [-0.15, -0.1) is 11.8 Å². The fourth-order valence-corrected chi connectivity index (χ4v) is 4.59. The standard InChI is InChI=1S/C21H28N2O4S/c1-15(21(26)22-16-8-4-2-3-5-9-16)27-20(25)12-13-23-17-10-6-7-11-18(17)28-14-19(23)24/h6-7,10-11,15-16H,2-5,8-9,12-14H2,1H3,(H,22,26)/t15-/m1/s1.